The highest BCUT2D eigenvalue weighted by Crippen LogP contribution is 2.19. The zero-order valence-electron chi connectivity index (χ0n) is 4.94. The lowest BCUT2D eigenvalue weighted by molar-refractivity contribution is 0.343. The number of halogens is 1. The number of hydrogen-bond donors (Lipinski definition) is 0. The van der Waals surface area contributed by atoms with E-state index in [1.165, 1.54) is 0 Å². The molecule has 0 aromatic carbocycles. The van der Waals surface area contributed by atoms with Crippen LogP contribution in [-0.2, 0) is 0 Å². The Morgan fingerprint density at radius 1 is 1.12 bits per heavy atom. The molecule has 0 spiro atoms. The summed E-state index contributed by atoms with van der Waals surface area (Å²) < 4.78 is 11.9. The molecule has 46 valence electrons. The minimum Gasteiger partial charge on any atom is -0.247 e. The normalized spacial score (nSPS) is 19.4. The number of terminal acetylenes is 1. The third-order valence-electron chi connectivity index (χ3n) is 1.28. The molecular weight excluding hydrogens is 103 g/mol. The molecule has 1 fully saturated rings. The van der Waals surface area contributed by atoms with Gasteiger partial charge in [0, 0.05) is 0 Å². The Balaban J connectivity index is 0.000000222. The molecule has 1 aliphatic carbocycles. The molecule has 1 saturated carbocycles. The van der Waals surface area contributed by atoms with Crippen molar-refractivity contribution in [3.8, 4) is 12.8 Å². The van der Waals surface area contributed by atoms with Gasteiger partial charge in [-0.2, -0.15) is 0 Å². The van der Waals surface area contributed by atoms with Crippen molar-refractivity contribution in [3.05, 3.63) is 0 Å². The van der Waals surface area contributed by atoms with Crippen LogP contribution >= 0.6 is 0 Å². The topological polar surface area (TPSA) is 0 Å². The number of rotatable bonds is 0. The van der Waals surface area contributed by atoms with Gasteiger partial charge < -0.3 is 0 Å². The lowest BCUT2D eigenvalue weighted by atomic mass is 10.3. The maximum atomic E-state index is 11.9. The Morgan fingerprint density at radius 2 is 1.50 bits per heavy atom. The van der Waals surface area contributed by atoms with Crippen LogP contribution in [0.5, 0.6) is 0 Å². The lowest BCUT2D eigenvalue weighted by Gasteiger charge is -1.86. The third-order valence-corrected chi connectivity index (χ3v) is 1.28. The van der Waals surface area contributed by atoms with E-state index in [1.807, 2.05) is 0 Å². The molecule has 0 aromatic heterocycles. The predicted molar refractivity (Wildman–Crippen MR) is 33.3 cm³/mol. The molecule has 0 saturated heterocycles. The van der Waals surface area contributed by atoms with Crippen LogP contribution < -0.4 is 0 Å². The largest absolute Gasteiger partial charge is 0.247 e. The highest BCUT2D eigenvalue weighted by atomic mass is 19.1. The number of hydrogen-bond acceptors (Lipinski definition) is 0. The molecule has 0 atom stereocenters. The maximum absolute atomic E-state index is 11.9. The molecule has 1 rings (SSSR count). The van der Waals surface area contributed by atoms with Gasteiger partial charge in [0.25, 0.3) is 0 Å². The zero-order chi connectivity index (χ0) is 6.41. The molecule has 0 bridgehead atoms. The lowest BCUT2D eigenvalue weighted by Crippen LogP contribution is -1.85. The molecule has 1 aliphatic rings. The molecular formula is C7H11F. The van der Waals surface area contributed by atoms with Gasteiger partial charge >= 0.3 is 0 Å². The van der Waals surface area contributed by atoms with E-state index in [9.17, 15) is 4.39 Å². The van der Waals surface area contributed by atoms with E-state index in [2.05, 4.69) is 12.8 Å². The molecule has 0 N–H and O–H groups in total. The van der Waals surface area contributed by atoms with Gasteiger partial charge in [-0.3, -0.25) is 0 Å². The molecule has 1 heteroatoms. The van der Waals surface area contributed by atoms with E-state index in [4.69, 9.17) is 0 Å². The number of alkyl halides is 1. The molecule has 0 radical (unpaired) electrons. The van der Waals surface area contributed by atoms with Gasteiger partial charge in [0.05, 0.1) is 0 Å². The van der Waals surface area contributed by atoms with Crippen molar-refractivity contribution >= 4 is 0 Å². The van der Waals surface area contributed by atoms with Gasteiger partial charge in [-0.1, -0.05) is 12.8 Å². The Hall–Kier alpha value is -0.510. The quantitative estimate of drug-likeness (QED) is 0.423. The molecule has 0 aromatic rings. The molecule has 0 amide bonds. The second-order valence-corrected chi connectivity index (χ2v) is 1.88. The summed E-state index contributed by atoms with van der Waals surface area (Å²) in [6.45, 7) is 0. The second-order valence-electron chi connectivity index (χ2n) is 1.88. The molecule has 0 heterocycles. The smallest absolute Gasteiger partial charge is 0.100 e. The fraction of sp³-hybridized carbons (Fsp3) is 0.714. The summed E-state index contributed by atoms with van der Waals surface area (Å²) in [6, 6.07) is 0. The van der Waals surface area contributed by atoms with Crippen LogP contribution in [0.15, 0.2) is 0 Å². The van der Waals surface area contributed by atoms with E-state index < -0.39 is 6.17 Å². The fourth-order valence-corrected chi connectivity index (χ4v) is 0.876. The fourth-order valence-electron chi connectivity index (χ4n) is 0.876. The Kier molecular flexibility index (Phi) is 4.35. The SMILES string of the molecule is C#C.FC1CCCC1. The third kappa shape index (κ3) is 2.63. The Labute approximate surface area is 50.1 Å². The minimum absolute atomic E-state index is 0.454. The van der Waals surface area contributed by atoms with Gasteiger partial charge in [0.15, 0.2) is 0 Å². The zero-order valence-corrected chi connectivity index (χ0v) is 4.94. The molecule has 0 aliphatic heterocycles. The molecule has 8 heavy (non-hydrogen) atoms. The summed E-state index contributed by atoms with van der Waals surface area (Å²) in [4.78, 5) is 0. The molecule has 0 unspecified atom stereocenters. The average molecular weight is 114 g/mol. The monoisotopic (exact) mass is 114 g/mol. The summed E-state index contributed by atoms with van der Waals surface area (Å²) in [5, 5.41) is 0. The van der Waals surface area contributed by atoms with Crippen molar-refractivity contribution < 1.29 is 4.39 Å². The average Bonchev–Trinajstić information content (AvgIpc) is 2.24. The van der Waals surface area contributed by atoms with Crippen LogP contribution in [0.4, 0.5) is 4.39 Å². The van der Waals surface area contributed by atoms with Crippen molar-refractivity contribution in [1.29, 1.82) is 0 Å². The van der Waals surface area contributed by atoms with Gasteiger partial charge in [-0.15, -0.1) is 12.8 Å². The van der Waals surface area contributed by atoms with Crippen LogP contribution in [-0.4, -0.2) is 6.17 Å². The maximum Gasteiger partial charge on any atom is 0.100 e. The van der Waals surface area contributed by atoms with Crippen LogP contribution in [0.2, 0.25) is 0 Å². The van der Waals surface area contributed by atoms with Crippen molar-refractivity contribution in [3.63, 3.8) is 0 Å². The Morgan fingerprint density at radius 3 is 1.62 bits per heavy atom. The van der Waals surface area contributed by atoms with Crippen LogP contribution in [0.25, 0.3) is 0 Å². The predicted octanol–water partition coefficient (Wildman–Crippen LogP) is 2.15. The van der Waals surface area contributed by atoms with Crippen LogP contribution in [0, 0.1) is 12.8 Å². The summed E-state index contributed by atoms with van der Waals surface area (Å²) >= 11 is 0. The van der Waals surface area contributed by atoms with Crippen LogP contribution in [0.1, 0.15) is 25.7 Å². The molecule has 0 nitrogen and oxygen atoms in total. The standard InChI is InChI=1S/C5H9F.C2H2/c6-5-3-1-2-4-5;1-2/h5H,1-4H2;1-2H. The first-order valence-electron chi connectivity index (χ1n) is 2.87. The summed E-state index contributed by atoms with van der Waals surface area (Å²) in [7, 11) is 0. The van der Waals surface area contributed by atoms with Gasteiger partial charge in [0.2, 0.25) is 0 Å². The highest BCUT2D eigenvalue weighted by Gasteiger charge is 2.11. The van der Waals surface area contributed by atoms with Gasteiger partial charge in [0.1, 0.15) is 6.17 Å². The van der Waals surface area contributed by atoms with Crippen molar-refractivity contribution in [2.45, 2.75) is 31.9 Å². The first-order chi connectivity index (χ1) is 3.89. The van der Waals surface area contributed by atoms with E-state index in [0.717, 1.165) is 25.7 Å². The van der Waals surface area contributed by atoms with E-state index in [-0.39, 0.29) is 0 Å². The van der Waals surface area contributed by atoms with Crippen molar-refractivity contribution in [2.24, 2.45) is 0 Å². The van der Waals surface area contributed by atoms with E-state index in [1.54, 1.807) is 0 Å². The Bertz CT molecular complexity index is 60.0. The van der Waals surface area contributed by atoms with Gasteiger partial charge in [-0.25, -0.2) is 4.39 Å². The first kappa shape index (κ1) is 7.49. The van der Waals surface area contributed by atoms with Gasteiger partial charge in [-0.05, 0) is 12.8 Å². The van der Waals surface area contributed by atoms with E-state index in [0.29, 0.717) is 0 Å². The van der Waals surface area contributed by atoms with Crippen molar-refractivity contribution in [2.75, 3.05) is 0 Å². The first-order valence-corrected chi connectivity index (χ1v) is 2.87. The summed E-state index contributed by atoms with van der Waals surface area (Å²) in [5.74, 6) is 0. The minimum atomic E-state index is -0.454. The highest BCUT2D eigenvalue weighted by molar-refractivity contribution is 4.63. The van der Waals surface area contributed by atoms with Crippen LogP contribution in [0.3, 0.4) is 0 Å². The van der Waals surface area contributed by atoms with E-state index >= 15 is 0 Å². The summed E-state index contributed by atoms with van der Waals surface area (Å²) in [5.41, 5.74) is 0. The summed E-state index contributed by atoms with van der Waals surface area (Å²) in [6.07, 6.45) is 11.4. The second kappa shape index (κ2) is 4.64. The van der Waals surface area contributed by atoms with Crippen molar-refractivity contribution in [1.82, 2.24) is 0 Å².